The molecule has 0 spiro atoms. The van der Waals surface area contributed by atoms with Gasteiger partial charge in [-0.3, -0.25) is 4.79 Å². The van der Waals surface area contributed by atoms with Crippen LogP contribution in [0.1, 0.15) is 29.6 Å². The maximum Gasteiger partial charge on any atom is 0.253 e. The molecule has 104 valence electrons. The number of amides is 1. The lowest BCUT2D eigenvalue weighted by Gasteiger charge is -2.27. The normalized spacial score (nSPS) is 19.2. The van der Waals surface area contributed by atoms with E-state index in [1.165, 1.54) is 18.2 Å². The summed E-state index contributed by atoms with van der Waals surface area (Å²) in [5.41, 5.74) is 6.08. The minimum atomic E-state index is -0.495. The predicted octanol–water partition coefficient (Wildman–Crippen LogP) is 2.05. The van der Waals surface area contributed by atoms with E-state index in [4.69, 9.17) is 10.5 Å². The highest BCUT2D eigenvalue weighted by Gasteiger charge is 2.20. The minimum Gasteiger partial charge on any atom is -0.399 e. The molecule has 1 aliphatic heterocycles. The van der Waals surface area contributed by atoms with E-state index in [0.717, 1.165) is 25.9 Å². The zero-order chi connectivity index (χ0) is 13.8. The molecule has 1 atom stereocenters. The van der Waals surface area contributed by atoms with Crippen LogP contribution in [0, 0.1) is 5.82 Å². The fourth-order valence-corrected chi connectivity index (χ4v) is 2.30. The number of anilines is 1. The van der Waals surface area contributed by atoms with E-state index in [1.54, 1.807) is 11.9 Å². The summed E-state index contributed by atoms with van der Waals surface area (Å²) in [5.74, 6) is -0.731. The van der Waals surface area contributed by atoms with Crippen LogP contribution in [0.5, 0.6) is 0 Å². The number of nitrogen functional groups attached to an aromatic ring is 1. The van der Waals surface area contributed by atoms with Crippen LogP contribution < -0.4 is 5.73 Å². The van der Waals surface area contributed by atoms with Gasteiger partial charge in [0.25, 0.3) is 5.91 Å². The van der Waals surface area contributed by atoms with Gasteiger partial charge in [0.2, 0.25) is 0 Å². The van der Waals surface area contributed by atoms with E-state index in [9.17, 15) is 9.18 Å². The Labute approximate surface area is 112 Å². The van der Waals surface area contributed by atoms with Crippen LogP contribution in [0.2, 0.25) is 0 Å². The van der Waals surface area contributed by atoms with Gasteiger partial charge in [0.1, 0.15) is 5.82 Å². The van der Waals surface area contributed by atoms with Crippen molar-refractivity contribution in [2.24, 2.45) is 0 Å². The molecule has 4 nitrogen and oxygen atoms in total. The van der Waals surface area contributed by atoms with Gasteiger partial charge in [0, 0.05) is 31.5 Å². The second-order valence-electron chi connectivity index (χ2n) is 4.95. The molecule has 1 fully saturated rings. The van der Waals surface area contributed by atoms with Crippen LogP contribution in [-0.2, 0) is 4.74 Å². The van der Waals surface area contributed by atoms with Crippen LogP contribution in [0.3, 0.4) is 0 Å². The quantitative estimate of drug-likeness (QED) is 0.852. The smallest absolute Gasteiger partial charge is 0.253 e. The predicted molar refractivity (Wildman–Crippen MR) is 71.4 cm³/mol. The number of nitrogens with zero attached hydrogens (tertiary/aromatic N) is 1. The van der Waals surface area contributed by atoms with E-state index in [0.29, 0.717) is 6.54 Å². The molecule has 1 heterocycles. The lowest BCUT2D eigenvalue weighted by molar-refractivity contribution is -0.000191. The summed E-state index contributed by atoms with van der Waals surface area (Å²) in [6.45, 7) is 1.27. The van der Waals surface area contributed by atoms with Gasteiger partial charge in [-0.05, 0) is 37.5 Å². The van der Waals surface area contributed by atoms with Crippen LogP contribution in [-0.4, -0.2) is 37.1 Å². The van der Waals surface area contributed by atoms with Gasteiger partial charge in [-0.1, -0.05) is 0 Å². The van der Waals surface area contributed by atoms with Crippen LogP contribution in [0.15, 0.2) is 18.2 Å². The number of likely N-dealkylation sites (N-methyl/N-ethyl adjacent to an activating group) is 1. The van der Waals surface area contributed by atoms with Crippen molar-refractivity contribution < 1.29 is 13.9 Å². The molecule has 1 saturated heterocycles. The molecule has 2 N–H and O–H groups in total. The summed E-state index contributed by atoms with van der Waals surface area (Å²) >= 11 is 0. The number of ether oxygens (including phenoxy) is 1. The van der Waals surface area contributed by atoms with Crippen molar-refractivity contribution in [3.05, 3.63) is 29.6 Å². The van der Waals surface area contributed by atoms with Crippen molar-refractivity contribution in [3.8, 4) is 0 Å². The topological polar surface area (TPSA) is 55.6 Å². The van der Waals surface area contributed by atoms with Crippen LogP contribution in [0.4, 0.5) is 10.1 Å². The molecule has 0 aromatic heterocycles. The molecule has 0 bridgehead atoms. The van der Waals surface area contributed by atoms with Crippen molar-refractivity contribution in [2.75, 3.05) is 25.9 Å². The third-order valence-corrected chi connectivity index (χ3v) is 3.27. The third kappa shape index (κ3) is 3.67. The standard InChI is InChI=1S/C14H19FN2O2/c1-17(9-13-4-2-3-5-19-13)14(18)10-6-11(15)8-12(16)7-10/h6-8,13H,2-5,9,16H2,1H3. The second-order valence-corrected chi connectivity index (χ2v) is 4.95. The Morgan fingerprint density at radius 3 is 2.89 bits per heavy atom. The zero-order valence-corrected chi connectivity index (χ0v) is 11.1. The highest BCUT2D eigenvalue weighted by atomic mass is 19.1. The summed E-state index contributed by atoms with van der Waals surface area (Å²) in [7, 11) is 1.70. The van der Waals surface area contributed by atoms with Crippen molar-refractivity contribution in [3.63, 3.8) is 0 Å². The first-order valence-corrected chi connectivity index (χ1v) is 6.49. The van der Waals surface area contributed by atoms with Crippen molar-refractivity contribution in [1.82, 2.24) is 4.90 Å². The molecule has 0 radical (unpaired) electrons. The Kier molecular flexibility index (Phi) is 4.37. The second kappa shape index (κ2) is 6.02. The molecule has 1 unspecified atom stereocenters. The highest BCUT2D eigenvalue weighted by Crippen LogP contribution is 2.16. The van der Waals surface area contributed by atoms with Gasteiger partial charge in [-0.15, -0.1) is 0 Å². The summed E-state index contributed by atoms with van der Waals surface area (Å²) in [6, 6.07) is 3.89. The van der Waals surface area contributed by atoms with Gasteiger partial charge in [-0.2, -0.15) is 0 Å². The van der Waals surface area contributed by atoms with E-state index in [2.05, 4.69) is 0 Å². The Morgan fingerprint density at radius 1 is 1.47 bits per heavy atom. The molecule has 1 aromatic rings. The van der Waals surface area contributed by atoms with Gasteiger partial charge in [0.15, 0.2) is 0 Å². The van der Waals surface area contributed by atoms with Crippen molar-refractivity contribution in [2.45, 2.75) is 25.4 Å². The van der Waals surface area contributed by atoms with E-state index in [-0.39, 0.29) is 23.3 Å². The van der Waals surface area contributed by atoms with E-state index >= 15 is 0 Å². The molecule has 1 aromatic carbocycles. The molecular weight excluding hydrogens is 247 g/mol. The first-order chi connectivity index (χ1) is 9.06. The number of carbonyl (C=O) groups is 1. The number of carbonyl (C=O) groups excluding carboxylic acids is 1. The third-order valence-electron chi connectivity index (χ3n) is 3.27. The molecule has 1 aliphatic rings. The maximum absolute atomic E-state index is 13.2. The number of hydrogen-bond acceptors (Lipinski definition) is 3. The SMILES string of the molecule is CN(CC1CCCCO1)C(=O)c1cc(N)cc(F)c1. The molecule has 5 heteroatoms. The summed E-state index contributed by atoms with van der Waals surface area (Å²) in [5, 5.41) is 0. The number of rotatable bonds is 3. The molecule has 0 aliphatic carbocycles. The van der Waals surface area contributed by atoms with E-state index < -0.39 is 5.82 Å². The Morgan fingerprint density at radius 2 is 2.26 bits per heavy atom. The average Bonchev–Trinajstić information content (AvgIpc) is 2.37. The number of benzene rings is 1. The summed E-state index contributed by atoms with van der Waals surface area (Å²) in [4.78, 5) is 13.7. The highest BCUT2D eigenvalue weighted by molar-refractivity contribution is 5.94. The van der Waals surface area contributed by atoms with E-state index in [1.807, 2.05) is 0 Å². The van der Waals surface area contributed by atoms with Crippen LogP contribution >= 0.6 is 0 Å². The molecule has 2 rings (SSSR count). The lowest BCUT2D eigenvalue weighted by atomic mass is 10.1. The van der Waals surface area contributed by atoms with Gasteiger partial charge in [-0.25, -0.2) is 4.39 Å². The lowest BCUT2D eigenvalue weighted by Crippen LogP contribution is -2.37. The fourth-order valence-electron chi connectivity index (χ4n) is 2.30. The summed E-state index contributed by atoms with van der Waals surface area (Å²) < 4.78 is 18.8. The Bertz CT molecular complexity index is 439. The summed E-state index contributed by atoms with van der Waals surface area (Å²) in [6.07, 6.45) is 3.24. The number of nitrogens with two attached hydrogens (primary N) is 1. The Hall–Kier alpha value is -1.62. The van der Waals surface area contributed by atoms with Crippen molar-refractivity contribution >= 4 is 11.6 Å². The number of hydrogen-bond donors (Lipinski definition) is 1. The molecule has 0 saturated carbocycles. The zero-order valence-electron chi connectivity index (χ0n) is 11.1. The van der Waals surface area contributed by atoms with Gasteiger partial charge in [0.05, 0.1) is 6.10 Å². The monoisotopic (exact) mass is 266 g/mol. The average molecular weight is 266 g/mol. The maximum atomic E-state index is 13.2. The first kappa shape index (κ1) is 13.8. The Balaban J connectivity index is 2.01. The molecule has 1 amide bonds. The van der Waals surface area contributed by atoms with Gasteiger partial charge < -0.3 is 15.4 Å². The largest absolute Gasteiger partial charge is 0.399 e. The molecule has 19 heavy (non-hydrogen) atoms. The number of halogens is 1. The van der Waals surface area contributed by atoms with Crippen LogP contribution in [0.25, 0.3) is 0 Å². The van der Waals surface area contributed by atoms with Gasteiger partial charge >= 0.3 is 0 Å². The minimum absolute atomic E-state index is 0.0774. The first-order valence-electron chi connectivity index (χ1n) is 6.49. The van der Waals surface area contributed by atoms with Crippen molar-refractivity contribution in [1.29, 1.82) is 0 Å². The fraction of sp³-hybridized carbons (Fsp3) is 0.500. The molecular formula is C14H19FN2O2.